The third-order valence-corrected chi connectivity index (χ3v) is 1.81. The Labute approximate surface area is 85.2 Å². The van der Waals surface area contributed by atoms with Crippen molar-refractivity contribution in [3.05, 3.63) is 46.8 Å². The number of azide groups is 1. The van der Waals surface area contributed by atoms with Crippen LogP contribution in [0.4, 0.5) is 0 Å². The molecule has 0 saturated heterocycles. The van der Waals surface area contributed by atoms with Gasteiger partial charge in [0, 0.05) is 28.9 Å². The molecule has 6 nitrogen and oxygen atoms in total. The molecule has 0 saturated carbocycles. The van der Waals surface area contributed by atoms with Gasteiger partial charge in [-0.2, -0.15) is 0 Å². The van der Waals surface area contributed by atoms with E-state index in [1.165, 1.54) is 0 Å². The van der Waals surface area contributed by atoms with Crippen LogP contribution in [0, 0.1) is 0 Å². The molecule has 0 bridgehead atoms. The minimum atomic E-state index is 0.170. The van der Waals surface area contributed by atoms with Gasteiger partial charge in [-0.1, -0.05) is 10.3 Å². The molecule has 0 fully saturated rings. The number of hydrogen-bond donors (Lipinski definition) is 0. The first-order valence-corrected chi connectivity index (χ1v) is 4.27. The van der Waals surface area contributed by atoms with Crippen molar-refractivity contribution < 1.29 is 4.52 Å². The maximum absolute atomic E-state index is 8.14. The second-order valence-corrected chi connectivity index (χ2v) is 2.81. The molecule has 0 amide bonds. The summed E-state index contributed by atoms with van der Waals surface area (Å²) in [4.78, 5) is 6.61. The van der Waals surface area contributed by atoms with E-state index < -0.39 is 0 Å². The van der Waals surface area contributed by atoms with E-state index in [-0.39, 0.29) is 6.54 Å². The van der Waals surface area contributed by atoms with Gasteiger partial charge in [-0.25, -0.2) is 0 Å². The first-order valence-electron chi connectivity index (χ1n) is 4.27. The van der Waals surface area contributed by atoms with Gasteiger partial charge in [0.05, 0.1) is 6.54 Å². The average molecular weight is 201 g/mol. The first kappa shape index (κ1) is 9.23. The van der Waals surface area contributed by atoms with E-state index in [1.54, 1.807) is 18.5 Å². The lowest BCUT2D eigenvalue weighted by Gasteiger charge is -1.90. The quantitative estimate of drug-likeness (QED) is 0.434. The van der Waals surface area contributed by atoms with Crippen LogP contribution in [0.2, 0.25) is 0 Å². The van der Waals surface area contributed by atoms with Gasteiger partial charge in [0.1, 0.15) is 11.5 Å². The van der Waals surface area contributed by atoms with Gasteiger partial charge in [-0.15, -0.1) is 0 Å². The molecule has 0 atom stereocenters. The van der Waals surface area contributed by atoms with Gasteiger partial charge in [0.2, 0.25) is 0 Å². The molecule has 0 aliphatic rings. The molecule has 0 spiro atoms. The zero-order chi connectivity index (χ0) is 10.5. The van der Waals surface area contributed by atoms with Gasteiger partial charge >= 0.3 is 0 Å². The Bertz CT molecular complexity index is 486. The van der Waals surface area contributed by atoms with Crippen LogP contribution in [0.1, 0.15) is 5.76 Å². The third-order valence-electron chi connectivity index (χ3n) is 1.81. The standard InChI is InChI=1S/C9H7N5O/c10-14-12-6-8-4-9(13-15-8)7-2-1-3-11-5-7/h1-5H,6H2. The smallest absolute Gasteiger partial charge is 0.143 e. The van der Waals surface area contributed by atoms with Crippen LogP contribution >= 0.6 is 0 Å². The summed E-state index contributed by atoms with van der Waals surface area (Å²) in [6.45, 7) is 0.170. The summed E-state index contributed by atoms with van der Waals surface area (Å²) in [6, 6.07) is 5.42. The zero-order valence-electron chi connectivity index (χ0n) is 7.74. The van der Waals surface area contributed by atoms with Crippen LogP contribution in [0.25, 0.3) is 21.7 Å². The third kappa shape index (κ3) is 2.12. The lowest BCUT2D eigenvalue weighted by atomic mass is 10.2. The second-order valence-electron chi connectivity index (χ2n) is 2.81. The van der Waals surface area contributed by atoms with E-state index in [1.807, 2.05) is 12.1 Å². The summed E-state index contributed by atoms with van der Waals surface area (Å²) in [5.74, 6) is 0.534. The predicted octanol–water partition coefficient (Wildman–Crippen LogP) is 2.55. The predicted molar refractivity (Wildman–Crippen MR) is 52.6 cm³/mol. The number of pyridine rings is 1. The SMILES string of the molecule is [N-]=[N+]=NCc1cc(-c2cccnc2)no1. The molecule has 2 heterocycles. The van der Waals surface area contributed by atoms with Gasteiger partial charge in [-0.05, 0) is 17.7 Å². The number of hydrogen-bond acceptors (Lipinski definition) is 4. The summed E-state index contributed by atoms with van der Waals surface area (Å²) in [5.41, 5.74) is 9.69. The summed E-state index contributed by atoms with van der Waals surface area (Å²) in [5, 5.41) is 7.22. The van der Waals surface area contributed by atoms with Crippen molar-refractivity contribution in [3.63, 3.8) is 0 Å². The van der Waals surface area contributed by atoms with E-state index >= 15 is 0 Å². The normalized spacial score (nSPS) is 9.60. The Morgan fingerprint density at radius 2 is 2.47 bits per heavy atom. The Kier molecular flexibility index (Phi) is 2.62. The number of rotatable bonds is 3. The lowest BCUT2D eigenvalue weighted by Crippen LogP contribution is -1.77. The van der Waals surface area contributed by atoms with Crippen LogP contribution in [0.5, 0.6) is 0 Å². The minimum absolute atomic E-state index is 0.170. The molecule has 2 rings (SSSR count). The van der Waals surface area contributed by atoms with Crippen molar-refractivity contribution in [2.24, 2.45) is 5.11 Å². The Balaban J connectivity index is 2.24. The summed E-state index contributed by atoms with van der Waals surface area (Å²) < 4.78 is 4.98. The van der Waals surface area contributed by atoms with Gasteiger partial charge in [0.15, 0.2) is 0 Å². The van der Waals surface area contributed by atoms with Crippen LogP contribution < -0.4 is 0 Å². The monoisotopic (exact) mass is 201 g/mol. The first-order chi connectivity index (χ1) is 7.40. The molecule has 74 valence electrons. The highest BCUT2D eigenvalue weighted by atomic mass is 16.5. The molecule has 2 aromatic rings. The number of aromatic nitrogens is 2. The van der Waals surface area contributed by atoms with Crippen LogP contribution in [-0.2, 0) is 6.54 Å². The van der Waals surface area contributed by atoms with Gasteiger partial charge < -0.3 is 4.52 Å². The number of nitrogens with zero attached hydrogens (tertiary/aromatic N) is 5. The topological polar surface area (TPSA) is 87.7 Å². The zero-order valence-corrected chi connectivity index (χ0v) is 7.74. The fraction of sp³-hybridized carbons (Fsp3) is 0.111. The van der Waals surface area contributed by atoms with E-state index in [9.17, 15) is 0 Å². The van der Waals surface area contributed by atoms with E-state index in [0.29, 0.717) is 11.5 Å². The van der Waals surface area contributed by atoms with Crippen molar-refractivity contribution in [1.29, 1.82) is 0 Å². The van der Waals surface area contributed by atoms with Crippen molar-refractivity contribution >= 4 is 0 Å². The molecule has 2 aromatic heterocycles. The fourth-order valence-electron chi connectivity index (χ4n) is 1.14. The Morgan fingerprint density at radius 3 is 3.20 bits per heavy atom. The van der Waals surface area contributed by atoms with E-state index in [2.05, 4.69) is 20.2 Å². The molecule has 0 aromatic carbocycles. The Hall–Kier alpha value is -2.33. The highest BCUT2D eigenvalue weighted by molar-refractivity contribution is 5.56. The van der Waals surface area contributed by atoms with Gasteiger partial charge in [-0.3, -0.25) is 4.98 Å². The molecule has 6 heteroatoms. The maximum Gasteiger partial charge on any atom is 0.143 e. The maximum atomic E-state index is 8.14. The summed E-state index contributed by atoms with van der Waals surface area (Å²) >= 11 is 0. The molecule has 0 aliphatic carbocycles. The lowest BCUT2D eigenvalue weighted by molar-refractivity contribution is 0.387. The minimum Gasteiger partial charge on any atom is -0.361 e. The molecular weight excluding hydrogens is 194 g/mol. The van der Waals surface area contributed by atoms with Crippen molar-refractivity contribution in [1.82, 2.24) is 10.1 Å². The second kappa shape index (κ2) is 4.26. The summed E-state index contributed by atoms with van der Waals surface area (Å²) in [7, 11) is 0. The molecule has 0 unspecified atom stereocenters. The molecular formula is C9H7N5O. The fourth-order valence-corrected chi connectivity index (χ4v) is 1.14. The molecule has 15 heavy (non-hydrogen) atoms. The highest BCUT2D eigenvalue weighted by Gasteiger charge is 2.04. The largest absolute Gasteiger partial charge is 0.361 e. The van der Waals surface area contributed by atoms with Gasteiger partial charge in [0.25, 0.3) is 0 Å². The van der Waals surface area contributed by atoms with Crippen LogP contribution in [0.15, 0.2) is 40.2 Å². The van der Waals surface area contributed by atoms with Crippen LogP contribution in [0.3, 0.4) is 0 Å². The van der Waals surface area contributed by atoms with Crippen molar-refractivity contribution in [2.75, 3.05) is 0 Å². The van der Waals surface area contributed by atoms with Crippen LogP contribution in [-0.4, -0.2) is 10.1 Å². The molecule has 0 N–H and O–H groups in total. The highest BCUT2D eigenvalue weighted by Crippen LogP contribution is 2.17. The summed E-state index contributed by atoms with van der Waals surface area (Å²) in [6.07, 6.45) is 3.37. The average Bonchev–Trinajstić information content (AvgIpc) is 2.76. The molecule has 0 radical (unpaired) electrons. The van der Waals surface area contributed by atoms with E-state index in [4.69, 9.17) is 10.1 Å². The van der Waals surface area contributed by atoms with Crippen molar-refractivity contribution in [2.45, 2.75) is 6.54 Å². The Morgan fingerprint density at radius 1 is 1.53 bits per heavy atom. The van der Waals surface area contributed by atoms with E-state index in [0.717, 1.165) is 5.56 Å². The van der Waals surface area contributed by atoms with Crippen molar-refractivity contribution in [3.8, 4) is 11.3 Å². The molecule has 0 aliphatic heterocycles.